The Labute approximate surface area is 616 Å². The molecule has 3 atom stereocenters. The molecule has 3 aromatic carbocycles. The summed E-state index contributed by atoms with van der Waals surface area (Å²) < 4.78 is 12.8. The molecule has 3 saturated carbocycles. The summed E-state index contributed by atoms with van der Waals surface area (Å²) in [5, 5.41) is 9.99. The number of alkyl halides is 1. The monoisotopic (exact) mass is 1510 g/mol. The molecule has 9 aliphatic rings. The third-order valence-electron chi connectivity index (χ3n) is 22.3. The quantitative estimate of drug-likeness (QED) is 0.0606. The predicted molar refractivity (Wildman–Crippen MR) is 413 cm³/mol. The Hall–Kier alpha value is -5.55. The highest BCUT2D eigenvalue weighted by Crippen LogP contribution is 2.55. The smallest absolute Gasteiger partial charge is 0.408 e. The van der Waals surface area contributed by atoms with Crippen LogP contribution in [0.4, 0.5) is 27.0 Å². The van der Waals surface area contributed by atoms with Gasteiger partial charge in [0.15, 0.2) is 0 Å². The van der Waals surface area contributed by atoms with E-state index in [0.29, 0.717) is 9.89 Å². The molecule has 2 amide bonds. The third-order valence-corrected chi connectivity index (χ3v) is 26.3. The van der Waals surface area contributed by atoms with Gasteiger partial charge in [-0.2, -0.15) is 0 Å². The maximum absolute atomic E-state index is 12.7. The number of nitrogens with two attached hydrogens (primary N) is 1. The molecule has 6 heterocycles. The Kier molecular flexibility index (Phi) is 24.3. The normalized spacial score (nSPS) is 22.5. The van der Waals surface area contributed by atoms with Crippen molar-refractivity contribution in [3.05, 3.63) is 148 Å². The first-order valence-electron chi connectivity index (χ1n) is 37.1. The van der Waals surface area contributed by atoms with Gasteiger partial charge in [-0.15, -0.1) is 23.5 Å². The number of piperidine rings is 3. The number of carbonyl (C=O) groups is 2. The van der Waals surface area contributed by atoms with Crippen molar-refractivity contribution in [2.45, 2.75) is 249 Å². The summed E-state index contributed by atoms with van der Waals surface area (Å²) in [6.45, 7) is 17.0. The second-order valence-electron chi connectivity index (χ2n) is 31.5. The van der Waals surface area contributed by atoms with Gasteiger partial charge in [-0.05, 0) is 177 Å². The summed E-state index contributed by atoms with van der Waals surface area (Å²) in [4.78, 5) is 58.9. The van der Waals surface area contributed by atoms with Crippen molar-refractivity contribution in [3.8, 4) is 0 Å². The first-order chi connectivity index (χ1) is 47.7. The Morgan fingerprint density at radius 3 is 1.23 bits per heavy atom. The number of hydrogen-bond acceptors (Lipinski definition) is 16. The number of alkyl carbamates (subject to hydrolysis) is 2. The van der Waals surface area contributed by atoms with E-state index in [1.54, 1.807) is 6.20 Å². The number of benzene rings is 3. The number of fused-ring (bicyclic) bond motifs is 3. The minimum absolute atomic E-state index is 0.00123. The van der Waals surface area contributed by atoms with Crippen molar-refractivity contribution in [1.29, 1.82) is 0 Å². The Morgan fingerprint density at radius 2 is 0.869 bits per heavy atom. The van der Waals surface area contributed by atoms with Gasteiger partial charge < -0.3 is 45.5 Å². The van der Waals surface area contributed by atoms with Gasteiger partial charge in [0, 0.05) is 76.8 Å². The molecule has 15 rings (SSSR count). The molecule has 3 aromatic heterocycles. The summed E-state index contributed by atoms with van der Waals surface area (Å²) in [7, 11) is 0. The maximum atomic E-state index is 12.7. The number of amides is 2. The van der Waals surface area contributed by atoms with E-state index in [9.17, 15) is 9.59 Å². The van der Waals surface area contributed by atoms with Gasteiger partial charge in [-0.25, -0.2) is 34.5 Å². The second kappa shape index (κ2) is 32.8. The number of H-pyrrole nitrogens is 1. The fourth-order valence-electron chi connectivity index (χ4n) is 17.0. The van der Waals surface area contributed by atoms with Crippen LogP contribution < -0.4 is 31.1 Å². The van der Waals surface area contributed by atoms with Crippen LogP contribution >= 0.6 is 58.3 Å². The highest BCUT2D eigenvalue weighted by Gasteiger charge is 2.51. The van der Waals surface area contributed by atoms with Gasteiger partial charge in [-0.1, -0.05) is 165 Å². The third kappa shape index (κ3) is 18.8. The van der Waals surface area contributed by atoms with Crippen molar-refractivity contribution in [1.82, 2.24) is 40.5 Å². The average Bonchev–Trinajstić information content (AvgIpc) is 1.62. The molecule has 20 heteroatoms. The number of rotatable bonds is 9. The number of anilines is 3. The van der Waals surface area contributed by atoms with Gasteiger partial charge in [0.1, 0.15) is 43.3 Å². The number of nitrogens with one attached hydrogen (secondary N) is 3. The molecule has 0 unspecified atom stereocenters. The fourth-order valence-corrected chi connectivity index (χ4v) is 20.3. The van der Waals surface area contributed by atoms with Crippen LogP contribution in [0.2, 0.25) is 0 Å². The molecule has 0 bridgehead atoms. The fraction of sp³-hybridized carbons (Fsp3) is 0.595. The molecule has 3 saturated heterocycles. The van der Waals surface area contributed by atoms with E-state index < -0.39 is 11.2 Å². The average molecular weight is 1510 g/mol. The van der Waals surface area contributed by atoms with E-state index in [1.165, 1.54) is 130 Å². The van der Waals surface area contributed by atoms with Crippen LogP contribution in [0.25, 0.3) is 0 Å². The van der Waals surface area contributed by atoms with Crippen molar-refractivity contribution >= 4 is 88.0 Å². The molecule has 3 spiro atoms. The van der Waals surface area contributed by atoms with Gasteiger partial charge in [-0.3, -0.25) is 0 Å². The van der Waals surface area contributed by atoms with Crippen LogP contribution in [0, 0.1) is 20.9 Å². The summed E-state index contributed by atoms with van der Waals surface area (Å²) in [6.07, 6.45) is 40.8. The number of halogens is 1. The topological polar surface area (TPSA) is 193 Å². The van der Waals surface area contributed by atoms with Crippen LogP contribution in [-0.2, 0) is 28.7 Å². The lowest BCUT2D eigenvalue weighted by atomic mass is 9.72. The largest absolute Gasteiger partial charge is 0.444 e. The molecule has 6 aromatic rings. The number of hydrogen-bond donors (Lipinski definition) is 4. The number of ether oxygens (including phenoxy) is 2. The van der Waals surface area contributed by atoms with Crippen molar-refractivity contribution < 1.29 is 19.1 Å². The lowest BCUT2D eigenvalue weighted by molar-refractivity contribution is 0.0418. The molecule has 6 fully saturated rings. The van der Waals surface area contributed by atoms with Crippen LogP contribution in [0.5, 0.6) is 0 Å². The zero-order valence-corrected chi connectivity index (χ0v) is 64.1. The number of aromatic amines is 1. The first-order valence-corrected chi connectivity index (χ1v) is 40.5. The molecule has 99 heavy (non-hydrogen) atoms. The van der Waals surface area contributed by atoms with Crippen LogP contribution in [0.3, 0.4) is 0 Å². The molecule has 0 radical (unpaired) electrons. The van der Waals surface area contributed by atoms with E-state index >= 15 is 0 Å². The molecular weight excluding hydrogens is 1400 g/mol. The van der Waals surface area contributed by atoms with Crippen molar-refractivity contribution in [2.75, 3.05) is 54.0 Å². The molecule has 5 N–H and O–H groups in total. The lowest BCUT2D eigenvalue weighted by Crippen LogP contribution is -2.47. The first kappa shape index (κ1) is 73.2. The zero-order chi connectivity index (χ0) is 69.2. The highest BCUT2D eigenvalue weighted by molar-refractivity contribution is 14.1. The molecule has 6 aliphatic carbocycles. The van der Waals surface area contributed by atoms with Crippen molar-refractivity contribution in [2.24, 2.45) is 22.0 Å². The molecular formula is C79H107IN12O4S3. The Morgan fingerprint density at radius 1 is 0.505 bits per heavy atom. The molecule has 3 aliphatic heterocycles. The summed E-state index contributed by atoms with van der Waals surface area (Å²) in [5.74, 6) is 2.90. The highest BCUT2D eigenvalue weighted by atomic mass is 127. The standard InChI is InChI=1S/C28H38N4O2S.C23H30N4S.C22H28N4O2S.C6H11I/c1-27(2,3)34-26(33)31-25-22-12-8-7-9-20(22)17-28(25)13-15-32(16-14-28)23-18-30-24(19-29-23)35-21-10-5-4-6-11-21;24-22-19-9-5-4-6-17(19)14-23(22)10-12-27(13-11-23)20-15-26-21(16-25-20)28-18-7-2-1-3-8-18;1-21(2,3)28-20(27)25-19-16-7-5-4-6-15(16)12-22(19)8-10-26(11-9-22)17-13-24-18(29)14-23-17;7-6-4-2-1-3-5-6/h7-9,12,18-19,21,25H,4-6,10-11,13-17H2,1-3H3,(H,31,33);4-6,9,15-16,18,22H,1-3,7-8,10-14,24H2;4-7,13-14,19H,8-12H2,1-3H3,(H,24,29)(H,25,27);6H,1-5H2/t25-;22-;19-;/m111./s1. The minimum Gasteiger partial charge on any atom is -0.444 e. The number of nitrogens with zero attached hydrogens (tertiary/aromatic N) is 8. The van der Waals surface area contributed by atoms with E-state index in [1.807, 2.05) is 102 Å². The SMILES string of the molecule is CC(C)(C)OC(=O)N[C@@H]1c2ccccc2CC12CCN(c1c[nH]c(=S)cn1)CC2.CC(C)(C)OC(=O)N[C@@H]1c2ccccc2CC12CCN(c1cnc(SC3CCCCC3)cn1)CC2.IC1CCCCC1.N[C@@H]1c2ccccc2CC12CCN(c1cnc(SC3CCCCC3)cn1)CC2. The Balaban J connectivity index is 0.000000135. The summed E-state index contributed by atoms with van der Waals surface area (Å²) in [6, 6.07) is 25.8. The van der Waals surface area contributed by atoms with Crippen LogP contribution in [0.1, 0.15) is 228 Å². The number of carbonyl (C=O) groups excluding carboxylic acids is 2. The number of thioether (sulfide) groups is 2. The van der Waals surface area contributed by atoms with Crippen LogP contribution in [-0.4, -0.2) is 107 Å². The molecule has 532 valence electrons. The second-order valence-corrected chi connectivity index (χ2v) is 36.3. The summed E-state index contributed by atoms with van der Waals surface area (Å²) in [5.41, 5.74) is 13.8. The van der Waals surface area contributed by atoms with Gasteiger partial charge in [0.2, 0.25) is 0 Å². The minimum atomic E-state index is -0.516. The molecule has 16 nitrogen and oxygen atoms in total. The van der Waals surface area contributed by atoms with E-state index in [2.05, 4.69) is 125 Å². The summed E-state index contributed by atoms with van der Waals surface area (Å²) >= 11 is 11.5. The van der Waals surface area contributed by atoms with E-state index in [-0.39, 0.29) is 46.6 Å². The van der Waals surface area contributed by atoms with Crippen LogP contribution in [0.15, 0.2) is 120 Å². The Bertz CT molecular complexity index is 3650. The van der Waals surface area contributed by atoms with Crippen molar-refractivity contribution in [3.63, 3.8) is 0 Å². The lowest BCUT2D eigenvalue weighted by Gasteiger charge is -2.43. The number of aromatic nitrogens is 6. The van der Waals surface area contributed by atoms with Gasteiger partial charge in [0.05, 0.1) is 43.1 Å². The van der Waals surface area contributed by atoms with E-state index in [0.717, 1.165) is 134 Å². The van der Waals surface area contributed by atoms with Gasteiger partial charge in [0.25, 0.3) is 0 Å². The predicted octanol–water partition coefficient (Wildman–Crippen LogP) is 18.4. The van der Waals surface area contributed by atoms with Gasteiger partial charge >= 0.3 is 12.2 Å². The maximum Gasteiger partial charge on any atom is 0.408 e. The zero-order valence-electron chi connectivity index (χ0n) is 59.5. The van der Waals surface area contributed by atoms with E-state index in [4.69, 9.17) is 47.4 Å².